The van der Waals surface area contributed by atoms with Crippen LogP contribution in [0.15, 0.2) is 24.4 Å². The third-order valence-corrected chi connectivity index (χ3v) is 3.30. The largest absolute Gasteiger partial charge is 0.382 e. The Balaban J connectivity index is 1.81. The molecule has 0 aliphatic carbocycles. The molecule has 1 saturated heterocycles. The zero-order valence-electron chi connectivity index (χ0n) is 9.78. The summed E-state index contributed by atoms with van der Waals surface area (Å²) in [6.45, 7) is 1.76. The Morgan fingerprint density at radius 3 is 3.29 bits per heavy atom. The molecule has 4 nitrogen and oxygen atoms in total. The molecule has 0 amide bonds. The molecular formula is C13H17N3O. The lowest BCUT2D eigenvalue weighted by Gasteiger charge is -2.17. The van der Waals surface area contributed by atoms with Crippen LogP contribution in [0.1, 0.15) is 19.3 Å². The fraction of sp³-hybridized carbons (Fsp3) is 0.462. The van der Waals surface area contributed by atoms with Gasteiger partial charge < -0.3 is 10.1 Å². The molecule has 0 bridgehead atoms. The van der Waals surface area contributed by atoms with E-state index in [4.69, 9.17) is 4.74 Å². The lowest BCUT2D eigenvalue weighted by atomic mass is 10.1. The van der Waals surface area contributed by atoms with E-state index in [0.717, 1.165) is 37.0 Å². The first-order chi connectivity index (χ1) is 8.43. The number of nitrogens with zero attached hydrogens (tertiary/aromatic N) is 1. The van der Waals surface area contributed by atoms with Crippen LogP contribution in [-0.2, 0) is 4.74 Å². The van der Waals surface area contributed by atoms with Crippen molar-refractivity contribution >= 4 is 16.6 Å². The molecule has 1 atom stereocenters. The molecule has 1 aliphatic heterocycles. The summed E-state index contributed by atoms with van der Waals surface area (Å²) in [7, 11) is 0. The predicted octanol–water partition coefficient (Wildman–Crippen LogP) is 2.54. The van der Waals surface area contributed by atoms with Crippen molar-refractivity contribution < 1.29 is 4.74 Å². The molecule has 1 aromatic heterocycles. The van der Waals surface area contributed by atoms with E-state index in [9.17, 15) is 0 Å². The Labute approximate surface area is 100 Å². The summed E-state index contributed by atoms with van der Waals surface area (Å²) in [4.78, 5) is 0. The zero-order valence-corrected chi connectivity index (χ0v) is 9.78. The van der Waals surface area contributed by atoms with Crippen LogP contribution >= 0.6 is 0 Å². The summed E-state index contributed by atoms with van der Waals surface area (Å²) in [5.41, 5.74) is 2.25. The summed E-state index contributed by atoms with van der Waals surface area (Å²) in [5, 5.41) is 11.9. The second-order valence-electron chi connectivity index (χ2n) is 4.52. The highest BCUT2D eigenvalue weighted by Crippen LogP contribution is 2.23. The number of benzene rings is 1. The molecule has 1 aliphatic rings. The Morgan fingerprint density at radius 1 is 1.29 bits per heavy atom. The van der Waals surface area contributed by atoms with Gasteiger partial charge in [-0.05, 0) is 31.4 Å². The van der Waals surface area contributed by atoms with Crippen molar-refractivity contribution in [2.45, 2.75) is 25.3 Å². The molecule has 1 fully saturated rings. The van der Waals surface area contributed by atoms with Gasteiger partial charge in [-0.1, -0.05) is 6.07 Å². The smallest absolute Gasteiger partial charge is 0.0671 e. The van der Waals surface area contributed by atoms with Crippen LogP contribution < -0.4 is 5.32 Å². The van der Waals surface area contributed by atoms with Crippen LogP contribution in [0.3, 0.4) is 0 Å². The van der Waals surface area contributed by atoms with Crippen molar-refractivity contribution in [2.75, 3.05) is 18.5 Å². The first-order valence-corrected chi connectivity index (χ1v) is 6.20. The van der Waals surface area contributed by atoms with E-state index in [-0.39, 0.29) is 0 Å². The average Bonchev–Trinajstić information content (AvgIpc) is 2.69. The maximum atomic E-state index is 5.48. The van der Waals surface area contributed by atoms with Gasteiger partial charge in [-0.25, -0.2) is 0 Å². The van der Waals surface area contributed by atoms with Gasteiger partial charge in [0.1, 0.15) is 0 Å². The number of H-pyrrole nitrogens is 1. The summed E-state index contributed by atoms with van der Waals surface area (Å²) in [5.74, 6) is 0. The van der Waals surface area contributed by atoms with Crippen molar-refractivity contribution in [1.82, 2.24) is 10.2 Å². The van der Waals surface area contributed by atoms with Gasteiger partial charge in [0.15, 0.2) is 0 Å². The number of fused-ring (bicyclic) bond motifs is 1. The van der Waals surface area contributed by atoms with Gasteiger partial charge in [0.25, 0.3) is 0 Å². The summed E-state index contributed by atoms with van der Waals surface area (Å²) < 4.78 is 5.48. The van der Waals surface area contributed by atoms with Crippen molar-refractivity contribution in [3.8, 4) is 0 Å². The minimum Gasteiger partial charge on any atom is -0.382 e. The Bertz CT molecular complexity index is 486. The van der Waals surface area contributed by atoms with Crippen LogP contribution in [0.4, 0.5) is 5.69 Å². The minimum absolute atomic E-state index is 0.512. The van der Waals surface area contributed by atoms with Gasteiger partial charge in [0.05, 0.1) is 11.7 Å². The molecular weight excluding hydrogens is 214 g/mol. The second kappa shape index (κ2) is 4.75. The molecule has 3 rings (SSSR count). The summed E-state index contributed by atoms with van der Waals surface area (Å²) in [6.07, 6.45) is 5.27. The van der Waals surface area contributed by atoms with Gasteiger partial charge in [0.2, 0.25) is 0 Å². The Kier molecular flexibility index (Phi) is 2.96. The van der Waals surface area contributed by atoms with Gasteiger partial charge in [-0.15, -0.1) is 0 Å². The first kappa shape index (κ1) is 10.6. The van der Waals surface area contributed by atoms with Crippen LogP contribution in [0.5, 0.6) is 0 Å². The number of anilines is 1. The second-order valence-corrected chi connectivity index (χ2v) is 4.52. The predicted molar refractivity (Wildman–Crippen MR) is 68.2 cm³/mol. The van der Waals surface area contributed by atoms with E-state index in [1.807, 2.05) is 12.3 Å². The molecule has 1 unspecified atom stereocenters. The molecule has 90 valence electrons. The maximum Gasteiger partial charge on any atom is 0.0671 e. The highest BCUT2D eigenvalue weighted by Gasteiger charge is 2.13. The monoisotopic (exact) mass is 231 g/mol. The first-order valence-electron chi connectivity index (χ1n) is 6.20. The van der Waals surface area contributed by atoms with Crippen molar-refractivity contribution in [3.05, 3.63) is 24.4 Å². The molecule has 0 spiro atoms. The molecule has 0 radical (unpaired) electrons. The van der Waals surface area contributed by atoms with Gasteiger partial charge in [0, 0.05) is 30.3 Å². The maximum absolute atomic E-state index is 5.48. The van der Waals surface area contributed by atoms with Crippen molar-refractivity contribution in [3.63, 3.8) is 0 Å². The van der Waals surface area contributed by atoms with Crippen molar-refractivity contribution in [2.24, 2.45) is 0 Å². The number of hydrogen-bond donors (Lipinski definition) is 2. The third-order valence-electron chi connectivity index (χ3n) is 3.30. The average molecular weight is 231 g/mol. The fourth-order valence-corrected chi connectivity index (χ4v) is 2.36. The lowest BCUT2D eigenvalue weighted by molar-refractivity contribution is 0.144. The fourth-order valence-electron chi connectivity index (χ4n) is 2.36. The van der Waals surface area contributed by atoms with E-state index in [1.54, 1.807) is 0 Å². The molecule has 2 heterocycles. The van der Waals surface area contributed by atoms with E-state index in [0.29, 0.717) is 6.04 Å². The van der Waals surface area contributed by atoms with E-state index < -0.39 is 0 Å². The van der Waals surface area contributed by atoms with Gasteiger partial charge in [-0.3, -0.25) is 5.10 Å². The Morgan fingerprint density at radius 2 is 2.29 bits per heavy atom. The minimum atomic E-state index is 0.512. The number of aromatic nitrogens is 2. The molecule has 2 aromatic rings. The van der Waals surface area contributed by atoms with E-state index >= 15 is 0 Å². The molecule has 4 heteroatoms. The van der Waals surface area contributed by atoms with Crippen molar-refractivity contribution in [1.29, 1.82) is 0 Å². The topological polar surface area (TPSA) is 49.9 Å². The number of nitrogens with one attached hydrogen (secondary N) is 2. The highest BCUT2D eigenvalue weighted by molar-refractivity contribution is 5.90. The standard InChI is InChI=1S/C13H17N3O/c1-4-12(11-9-14-16-13(11)5-1)15-10-3-2-7-17-8-6-10/h1,4-5,9-10,15H,2-3,6-8H2,(H,14,16). The molecule has 0 saturated carbocycles. The quantitative estimate of drug-likeness (QED) is 0.835. The number of hydrogen-bond acceptors (Lipinski definition) is 3. The van der Waals surface area contributed by atoms with E-state index in [1.165, 1.54) is 12.1 Å². The van der Waals surface area contributed by atoms with Crippen LogP contribution in [0.25, 0.3) is 10.9 Å². The molecule has 17 heavy (non-hydrogen) atoms. The number of aromatic amines is 1. The summed E-state index contributed by atoms with van der Waals surface area (Å²) >= 11 is 0. The zero-order chi connectivity index (χ0) is 11.5. The van der Waals surface area contributed by atoms with Crippen LogP contribution in [0, 0.1) is 0 Å². The highest BCUT2D eigenvalue weighted by atomic mass is 16.5. The van der Waals surface area contributed by atoms with E-state index in [2.05, 4.69) is 27.6 Å². The normalized spacial score (nSPS) is 21.3. The van der Waals surface area contributed by atoms with Gasteiger partial charge in [-0.2, -0.15) is 5.10 Å². The molecule has 1 aromatic carbocycles. The third kappa shape index (κ3) is 2.26. The Hall–Kier alpha value is -1.55. The number of rotatable bonds is 2. The van der Waals surface area contributed by atoms with Crippen LogP contribution in [-0.4, -0.2) is 29.5 Å². The summed E-state index contributed by atoms with van der Waals surface area (Å²) in [6, 6.07) is 6.72. The number of ether oxygens (including phenoxy) is 1. The lowest BCUT2D eigenvalue weighted by Crippen LogP contribution is -2.19. The SMILES string of the molecule is c1cc(NC2CCCOCC2)c2cn[nH]c2c1. The van der Waals surface area contributed by atoms with Crippen LogP contribution in [0.2, 0.25) is 0 Å². The molecule has 2 N–H and O–H groups in total. The van der Waals surface area contributed by atoms with Gasteiger partial charge >= 0.3 is 0 Å².